The number of hydrogen-bond acceptors (Lipinski definition) is 2. The Bertz CT molecular complexity index is 588. The molecule has 1 heterocycles. The molecular weight excluding hydrogens is 246 g/mol. The van der Waals surface area contributed by atoms with E-state index >= 15 is 0 Å². The Morgan fingerprint density at radius 3 is 2.40 bits per heavy atom. The first-order chi connectivity index (χ1) is 9.18. The zero-order valence-corrected chi connectivity index (χ0v) is 13.6. The van der Waals surface area contributed by atoms with Crippen LogP contribution in [0.3, 0.4) is 0 Å². The summed E-state index contributed by atoms with van der Waals surface area (Å²) in [5, 5.41) is 9.55. The van der Waals surface area contributed by atoms with Gasteiger partial charge in [-0.2, -0.15) is 5.10 Å². The van der Waals surface area contributed by atoms with Gasteiger partial charge in [0.05, 0.1) is 11.2 Å². The van der Waals surface area contributed by atoms with Crippen LogP contribution < -0.4 is 5.32 Å². The lowest BCUT2D eigenvalue weighted by molar-refractivity contribution is 0.240. The molecule has 0 aliphatic carbocycles. The van der Waals surface area contributed by atoms with Crippen LogP contribution in [0.1, 0.15) is 46.7 Å². The first kappa shape index (κ1) is 15.0. The van der Waals surface area contributed by atoms with Gasteiger partial charge in [0.15, 0.2) is 0 Å². The van der Waals surface area contributed by atoms with Crippen molar-refractivity contribution in [2.75, 3.05) is 0 Å². The van der Waals surface area contributed by atoms with Gasteiger partial charge in [-0.1, -0.05) is 39.0 Å². The van der Waals surface area contributed by atoms with Crippen LogP contribution in [0.5, 0.6) is 0 Å². The Hall–Kier alpha value is -1.35. The molecule has 0 bridgehead atoms. The average Bonchev–Trinajstić information content (AvgIpc) is 2.62. The highest BCUT2D eigenvalue weighted by molar-refractivity contribution is 5.81. The second-order valence-corrected chi connectivity index (χ2v) is 7.56. The Kier molecular flexibility index (Phi) is 3.92. The largest absolute Gasteiger partial charge is 0.306 e. The first-order valence-corrected chi connectivity index (χ1v) is 7.34. The van der Waals surface area contributed by atoms with Gasteiger partial charge in [-0.3, -0.25) is 4.68 Å². The number of hydrogen-bond donors (Lipinski definition) is 1. The van der Waals surface area contributed by atoms with E-state index in [1.165, 1.54) is 10.9 Å². The molecule has 1 aromatic heterocycles. The van der Waals surface area contributed by atoms with Crippen molar-refractivity contribution in [1.82, 2.24) is 15.1 Å². The van der Waals surface area contributed by atoms with E-state index in [2.05, 4.69) is 69.3 Å². The summed E-state index contributed by atoms with van der Waals surface area (Å²) >= 11 is 0. The predicted octanol–water partition coefficient (Wildman–Crippen LogP) is 3.88. The molecule has 0 unspecified atom stereocenters. The molecule has 2 aromatic rings. The molecule has 3 heteroatoms. The third-order valence-corrected chi connectivity index (χ3v) is 3.54. The summed E-state index contributed by atoms with van der Waals surface area (Å²) in [4.78, 5) is 0. The van der Waals surface area contributed by atoms with Crippen molar-refractivity contribution in [3.05, 3.63) is 30.0 Å². The lowest BCUT2D eigenvalue weighted by Gasteiger charge is -2.33. The van der Waals surface area contributed by atoms with Crippen molar-refractivity contribution in [3.8, 4) is 0 Å². The monoisotopic (exact) mass is 273 g/mol. The van der Waals surface area contributed by atoms with Crippen LogP contribution in [0.4, 0.5) is 0 Å². The van der Waals surface area contributed by atoms with Crippen LogP contribution in [0.15, 0.2) is 24.3 Å². The summed E-state index contributed by atoms with van der Waals surface area (Å²) in [6, 6.07) is 8.40. The van der Waals surface area contributed by atoms with Gasteiger partial charge < -0.3 is 5.32 Å². The smallest absolute Gasteiger partial charge is 0.0841 e. The average molecular weight is 273 g/mol. The Morgan fingerprint density at radius 2 is 1.75 bits per heavy atom. The summed E-state index contributed by atoms with van der Waals surface area (Å²) in [6.07, 6.45) is 1.13. The first-order valence-electron chi connectivity index (χ1n) is 7.34. The van der Waals surface area contributed by atoms with Crippen molar-refractivity contribution >= 4 is 10.9 Å². The lowest BCUT2D eigenvalue weighted by Crippen LogP contribution is -2.41. The van der Waals surface area contributed by atoms with Crippen LogP contribution in [0.25, 0.3) is 10.9 Å². The SMILES string of the molecule is Cn1nc(CNC(C)(C)CC(C)(C)C)c2ccccc21. The number of rotatable bonds is 4. The Morgan fingerprint density at radius 1 is 1.10 bits per heavy atom. The van der Waals surface area contributed by atoms with E-state index in [1.807, 2.05) is 11.7 Å². The minimum atomic E-state index is 0.108. The number of aromatic nitrogens is 2. The third-order valence-electron chi connectivity index (χ3n) is 3.54. The summed E-state index contributed by atoms with van der Waals surface area (Å²) in [7, 11) is 2.01. The number of nitrogens with zero attached hydrogens (tertiary/aromatic N) is 2. The van der Waals surface area contributed by atoms with Crippen molar-refractivity contribution in [1.29, 1.82) is 0 Å². The van der Waals surface area contributed by atoms with E-state index in [0.29, 0.717) is 5.41 Å². The number of aryl methyl sites for hydroxylation is 1. The fourth-order valence-electron chi connectivity index (χ4n) is 3.13. The van der Waals surface area contributed by atoms with Crippen LogP contribution in [-0.2, 0) is 13.6 Å². The maximum absolute atomic E-state index is 4.64. The van der Waals surface area contributed by atoms with Gasteiger partial charge in [-0.25, -0.2) is 0 Å². The van der Waals surface area contributed by atoms with Crippen molar-refractivity contribution in [2.45, 2.75) is 53.1 Å². The van der Waals surface area contributed by atoms with E-state index in [-0.39, 0.29) is 5.54 Å². The highest BCUT2D eigenvalue weighted by Crippen LogP contribution is 2.27. The van der Waals surface area contributed by atoms with Crippen LogP contribution in [0.2, 0.25) is 0 Å². The molecule has 0 saturated heterocycles. The molecule has 0 atom stereocenters. The Labute approximate surface area is 122 Å². The second-order valence-electron chi connectivity index (χ2n) is 7.56. The standard InChI is InChI=1S/C17H27N3/c1-16(2,3)12-17(4,5)18-11-14-13-9-7-8-10-15(13)20(6)19-14/h7-10,18H,11-12H2,1-6H3. The van der Waals surface area contributed by atoms with Gasteiger partial charge >= 0.3 is 0 Å². The number of nitrogens with one attached hydrogen (secondary N) is 1. The Balaban J connectivity index is 2.13. The molecule has 3 nitrogen and oxygen atoms in total. The predicted molar refractivity (Wildman–Crippen MR) is 85.7 cm³/mol. The van der Waals surface area contributed by atoms with Gasteiger partial charge in [0, 0.05) is 24.5 Å². The minimum Gasteiger partial charge on any atom is -0.306 e. The normalized spacial score (nSPS) is 13.1. The molecule has 0 amide bonds. The molecule has 0 aliphatic heterocycles. The summed E-state index contributed by atoms with van der Waals surface area (Å²) in [5.74, 6) is 0. The zero-order valence-electron chi connectivity index (χ0n) is 13.6. The third kappa shape index (κ3) is 3.60. The maximum Gasteiger partial charge on any atom is 0.0841 e. The van der Waals surface area contributed by atoms with Crippen molar-refractivity contribution in [2.24, 2.45) is 12.5 Å². The van der Waals surface area contributed by atoms with Gasteiger partial charge in [0.25, 0.3) is 0 Å². The van der Waals surface area contributed by atoms with E-state index < -0.39 is 0 Å². The second kappa shape index (κ2) is 5.21. The quantitative estimate of drug-likeness (QED) is 0.916. The molecule has 20 heavy (non-hydrogen) atoms. The van der Waals surface area contributed by atoms with Crippen LogP contribution in [0, 0.1) is 5.41 Å². The molecule has 1 aromatic carbocycles. The fraction of sp³-hybridized carbons (Fsp3) is 0.588. The van der Waals surface area contributed by atoms with Crippen LogP contribution in [-0.4, -0.2) is 15.3 Å². The zero-order chi connectivity index (χ0) is 15.0. The van der Waals surface area contributed by atoms with Crippen molar-refractivity contribution in [3.63, 3.8) is 0 Å². The maximum atomic E-state index is 4.64. The lowest BCUT2D eigenvalue weighted by atomic mass is 9.82. The van der Waals surface area contributed by atoms with E-state index in [0.717, 1.165) is 18.7 Å². The molecule has 0 fully saturated rings. The van der Waals surface area contributed by atoms with Gasteiger partial charge in [-0.05, 0) is 31.7 Å². The van der Waals surface area contributed by atoms with Crippen LogP contribution >= 0.6 is 0 Å². The minimum absolute atomic E-state index is 0.108. The highest BCUT2D eigenvalue weighted by atomic mass is 15.3. The molecule has 0 spiro atoms. The summed E-state index contributed by atoms with van der Waals surface area (Å²) in [5.41, 5.74) is 2.75. The van der Waals surface area contributed by atoms with E-state index in [1.54, 1.807) is 0 Å². The molecule has 2 rings (SSSR count). The number of para-hydroxylation sites is 1. The fourth-order valence-corrected chi connectivity index (χ4v) is 3.13. The van der Waals surface area contributed by atoms with E-state index in [4.69, 9.17) is 0 Å². The molecule has 110 valence electrons. The number of fused-ring (bicyclic) bond motifs is 1. The molecule has 1 N–H and O–H groups in total. The summed E-state index contributed by atoms with van der Waals surface area (Å²) < 4.78 is 1.96. The van der Waals surface area contributed by atoms with Crippen molar-refractivity contribution < 1.29 is 0 Å². The van der Waals surface area contributed by atoms with Gasteiger partial charge in [-0.15, -0.1) is 0 Å². The molecule has 0 aliphatic rings. The van der Waals surface area contributed by atoms with E-state index in [9.17, 15) is 0 Å². The van der Waals surface area contributed by atoms with Gasteiger partial charge in [0.2, 0.25) is 0 Å². The van der Waals surface area contributed by atoms with Gasteiger partial charge in [0.1, 0.15) is 0 Å². The topological polar surface area (TPSA) is 29.9 Å². The molecular formula is C17H27N3. The summed E-state index contributed by atoms with van der Waals surface area (Å²) in [6.45, 7) is 12.2. The molecule has 0 saturated carbocycles. The highest BCUT2D eigenvalue weighted by Gasteiger charge is 2.25. The number of benzene rings is 1. The molecule has 0 radical (unpaired) electrons.